The molecule has 0 aliphatic carbocycles. The topological polar surface area (TPSA) is 24.9 Å². The summed E-state index contributed by atoms with van der Waals surface area (Å²) < 4.78 is 0. The van der Waals surface area contributed by atoms with E-state index in [1.807, 2.05) is 6.07 Å². The van der Waals surface area contributed by atoms with Crippen LogP contribution in [0.2, 0.25) is 0 Å². The van der Waals surface area contributed by atoms with Crippen molar-refractivity contribution in [3.05, 3.63) is 35.9 Å². The summed E-state index contributed by atoms with van der Waals surface area (Å²) in [5, 5.41) is 4.76. The second kappa shape index (κ2) is 3.48. The molecule has 1 aromatic carbocycles. The van der Waals surface area contributed by atoms with Crippen molar-refractivity contribution < 1.29 is 0 Å². The van der Waals surface area contributed by atoms with Crippen LogP contribution in [0.1, 0.15) is 19.4 Å². The first-order valence-corrected chi connectivity index (χ1v) is 5.89. The number of para-hydroxylation sites is 1. The van der Waals surface area contributed by atoms with Crippen molar-refractivity contribution >= 4 is 16.7 Å². The van der Waals surface area contributed by atoms with E-state index >= 15 is 0 Å². The second-order valence-electron chi connectivity index (χ2n) is 4.89. The molecule has 0 unspecified atom stereocenters. The lowest BCUT2D eigenvalue weighted by atomic mass is 10.0. The summed E-state index contributed by atoms with van der Waals surface area (Å²) in [7, 11) is 0. The van der Waals surface area contributed by atoms with Crippen molar-refractivity contribution in [3.63, 3.8) is 0 Å². The van der Waals surface area contributed by atoms with Crippen molar-refractivity contribution in [1.82, 2.24) is 4.98 Å². The molecule has 0 fully saturated rings. The maximum Gasteiger partial charge on any atom is 0.130 e. The normalized spacial score (nSPS) is 18.8. The highest BCUT2D eigenvalue weighted by molar-refractivity contribution is 5.82. The molecule has 1 aromatic heterocycles. The Labute approximate surface area is 95.7 Å². The van der Waals surface area contributed by atoms with Gasteiger partial charge < -0.3 is 5.32 Å². The van der Waals surface area contributed by atoms with Gasteiger partial charge in [0.1, 0.15) is 5.82 Å². The molecule has 0 spiro atoms. The molecule has 2 aromatic rings. The molecule has 1 aliphatic rings. The maximum absolute atomic E-state index is 4.68. The largest absolute Gasteiger partial charge is 0.366 e. The molecule has 0 saturated heterocycles. The number of anilines is 1. The third kappa shape index (κ3) is 1.45. The van der Waals surface area contributed by atoms with E-state index in [0.717, 1.165) is 17.8 Å². The maximum atomic E-state index is 4.68. The molecule has 16 heavy (non-hydrogen) atoms. The molecule has 1 aliphatic heterocycles. The van der Waals surface area contributed by atoms with Crippen LogP contribution in [-0.4, -0.2) is 11.0 Å². The minimum Gasteiger partial charge on any atom is -0.366 e. The summed E-state index contributed by atoms with van der Waals surface area (Å²) in [4.78, 5) is 4.68. The lowest BCUT2D eigenvalue weighted by Gasteiger charge is -2.14. The minimum absolute atomic E-state index is 0.541. The van der Waals surface area contributed by atoms with Gasteiger partial charge in [-0.25, -0.2) is 4.98 Å². The zero-order chi connectivity index (χ0) is 11.1. The highest BCUT2D eigenvalue weighted by Gasteiger charge is 2.24. The molecular weight excluding hydrogens is 196 g/mol. The fraction of sp³-hybridized carbons (Fsp3) is 0.357. The summed E-state index contributed by atoms with van der Waals surface area (Å²) in [6, 6.07) is 11.1. The monoisotopic (exact) mass is 212 g/mol. The summed E-state index contributed by atoms with van der Waals surface area (Å²) in [6.07, 6.45) is 1.10. The quantitative estimate of drug-likeness (QED) is 0.785. The van der Waals surface area contributed by atoms with Gasteiger partial charge in [-0.3, -0.25) is 0 Å². The predicted molar refractivity (Wildman–Crippen MR) is 67.7 cm³/mol. The van der Waals surface area contributed by atoms with E-state index in [-0.39, 0.29) is 0 Å². The third-order valence-electron chi connectivity index (χ3n) is 3.37. The Kier molecular flexibility index (Phi) is 2.10. The number of hydrogen-bond acceptors (Lipinski definition) is 2. The molecule has 0 bridgehead atoms. The van der Waals surface area contributed by atoms with Crippen LogP contribution in [0.3, 0.4) is 0 Å². The Balaban J connectivity index is 2.08. The summed E-state index contributed by atoms with van der Waals surface area (Å²) >= 11 is 0. The van der Waals surface area contributed by atoms with Gasteiger partial charge in [0.05, 0.1) is 5.52 Å². The Hall–Kier alpha value is -1.57. The average Bonchev–Trinajstić information content (AvgIpc) is 2.68. The molecule has 2 heterocycles. The van der Waals surface area contributed by atoms with E-state index in [1.165, 1.54) is 10.9 Å². The predicted octanol–water partition coefficient (Wildman–Crippen LogP) is 3.23. The highest BCUT2D eigenvalue weighted by Crippen LogP contribution is 2.29. The van der Waals surface area contributed by atoms with Crippen molar-refractivity contribution in [1.29, 1.82) is 0 Å². The number of rotatable bonds is 1. The summed E-state index contributed by atoms with van der Waals surface area (Å²) in [5.74, 6) is 1.73. The molecule has 2 nitrogen and oxygen atoms in total. The molecule has 2 heteroatoms. The van der Waals surface area contributed by atoms with E-state index in [4.69, 9.17) is 0 Å². The van der Waals surface area contributed by atoms with Gasteiger partial charge in [-0.1, -0.05) is 32.0 Å². The van der Waals surface area contributed by atoms with Gasteiger partial charge in [-0.15, -0.1) is 0 Å². The number of hydrogen-bond donors (Lipinski definition) is 1. The molecule has 1 N–H and O–H groups in total. The van der Waals surface area contributed by atoms with Crippen molar-refractivity contribution in [2.75, 3.05) is 5.32 Å². The smallest absolute Gasteiger partial charge is 0.130 e. The standard InChI is InChI=1S/C14H16N2/c1-9(2)13-8-11-7-10-5-3-4-6-12(10)15-14(11)16-13/h3-7,9,13H,8H2,1-2H3,(H,15,16)/t13-/m0/s1. The summed E-state index contributed by atoms with van der Waals surface area (Å²) in [6.45, 7) is 4.51. The highest BCUT2D eigenvalue weighted by atomic mass is 15.0. The first-order chi connectivity index (χ1) is 7.74. The fourth-order valence-corrected chi connectivity index (χ4v) is 2.31. The van der Waals surface area contributed by atoms with Crippen LogP contribution in [-0.2, 0) is 6.42 Å². The Morgan fingerprint density at radius 1 is 1.31 bits per heavy atom. The van der Waals surface area contributed by atoms with Gasteiger partial charge >= 0.3 is 0 Å². The lowest BCUT2D eigenvalue weighted by Crippen LogP contribution is -2.22. The molecule has 0 amide bonds. The van der Waals surface area contributed by atoms with Crippen LogP contribution in [0.5, 0.6) is 0 Å². The fourth-order valence-electron chi connectivity index (χ4n) is 2.31. The van der Waals surface area contributed by atoms with Crippen LogP contribution >= 0.6 is 0 Å². The van der Waals surface area contributed by atoms with E-state index < -0.39 is 0 Å². The van der Waals surface area contributed by atoms with Gasteiger partial charge in [0, 0.05) is 11.4 Å². The number of pyridine rings is 1. The first-order valence-electron chi connectivity index (χ1n) is 5.89. The molecule has 82 valence electrons. The Morgan fingerprint density at radius 2 is 2.12 bits per heavy atom. The third-order valence-corrected chi connectivity index (χ3v) is 3.37. The van der Waals surface area contributed by atoms with Gasteiger partial charge in [0.2, 0.25) is 0 Å². The minimum atomic E-state index is 0.541. The molecule has 1 atom stereocenters. The number of nitrogens with one attached hydrogen (secondary N) is 1. The lowest BCUT2D eigenvalue weighted by molar-refractivity contribution is 0.538. The van der Waals surface area contributed by atoms with Crippen LogP contribution in [0.4, 0.5) is 5.82 Å². The molecule has 3 rings (SSSR count). The number of nitrogens with zero attached hydrogens (tertiary/aromatic N) is 1. The number of aromatic nitrogens is 1. The molecule has 0 radical (unpaired) electrons. The SMILES string of the molecule is CC(C)[C@@H]1Cc2cc3ccccc3nc2N1. The van der Waals surface area contributed by atoms with Gasteiger partial charge in [-0.2, -0.15) is 0 Å². The van der Waals surface area contributed by atoms with Crippen LogP contribution < -0.4 is 5.32 Å². The van der Waals surface area contributed by atoms with Crippen LogP contribution in [0.15, 0.2) is 30.3 Å². The summed E-state index contributed by atoms with van der Waals surface area (Å²) in [5.41, 5.74) is 2.44. The number of fused-ring (bicyclic) bond motifs is 2. The zero-order valence-corrected chi connectivity index (χ0v) is 9.70. The van der Waals surface area contributed by atoms with Crippen molar-refractivity contribution in [2.24, 2.45) is 5.92 Å². The van der Waals surface area contributed by atoms with Gasteiger partial charge in [0.25, 0.3) is 0 Å². The zero-order valence-electron chi connectivity index (χ0n) is 9.70. The second-order valence-corrected chi connectivity index (χ2v) is 4.89. The van der Waals surface area contributed by atoms with E-state index in [2.05, 4.69) is 48.4 Å². The van der Waals surface area contributed by atoms with Gasteiger partial charge in [0.15, 0.2) is 0 Å². The number of benzene rings is 1. The Morgan fingerprint density at radius 3 is 2.94 bits per heavy atom. The van der Waals surface area contributed by atoms with Crippen LogP contribution in [0, 0.1) is 5.92 Å². The average molecular weight is 212 g/mol. The Bertz CT molecular complexity index is 487. The first kappa shape index (κ1) is 9.64. The van der Waals surface area contributed by atoms with E-state index in [9.17, 15) is 0 Å². The molecular formula is C14H16N2. The van der Waals surface area contributed by atoms with Crippen molar-refractivity contribution in [3.8, 4) is 0 Å². The van der Waals surface area contributed by atoms with Crippen LogP contribution in [0.25, 0.3) is 10.9 Å². The van der Waals surface area contributed by atoms with E-state index in [1.54, 1.807) is 0 Å². The molecule has 0 saturated carbocycles. The van der Waals surface area contributed by atoms with Crippen molar-refractivity contribution in [2.45, 2.75) is 26.3 Å². The van der Waals surface area contributed by atoms with Gasteiger partial charge in [-0.05, 0) is 30.0 Å². The van der Waals surface area contributed by atoms with E-state index in [0.29, 0.717) is 12.0 Å².